The molecule has 1 aromatic heterocycles. The monoisotopic (exact) mass is 396 g/mol. The molecule has 0 fully saturated rings. The summed E-state index contributed by atoms with van der Waals surface area (Å²) < 4.78 is 3.88. The molecule has 0 spiro atoms. The molecule has 0 radical (unpaired) electrons. The number of rotatable bonds is 3. The van der Waals surface area contributed by atoms with Crippen molar-refractivity contribution in [1.82, 2.24) is 4.57 Å². The first-order valence-corrected chi connectivity index (χ1v) is 10.3. The van der Waals surface area contributed by atoms with Crippen molar-refractivity contribution in [2.45, 2.75) is 41.5 Å². The third kappa shape index (κ3) is 3.30. The largest absolute Gasteiger partial charge is 0.839 e. The molecule has 3 nitrogen and oxygen atoms in total. The molecule has 0 bridgehead atoms. The Bertz CT molecular complexity index is 1200. The van der Waals surface area contributed by atoms with E-state index in [2.05, 4.69) is 70.4 Å². The molecule has 0 aliphatic heterocycles. The minimum absolute atomic E-state index is 0.00405. The molecule has 1 heterocycles. The summed E-state index contributed by atoms with van der Waals surface area (Å²) in [5.74, 6) is -0.00405. The van der Waals surface area contributed by atoms with Gasteiger partial charge in [-0.05, 0) is 63.8 Å². The Balaban J connectivity index is 2.09. The quantitative estimate of drug-likeness (QED) is 0.430. The Morgan fingerprint density at radius 2 is 1.20 bits per heavy atom. The first-order valence-electron chi connectivity index (χ1n) is 10.3. The molecule has 4 rings (SSSR count). The fourth-order valence-electron chi connectivity index (χ4n) is 4.73. The van der Waals surface area contributed by atoms with Gasteiger partial charge in [-0.2, -0.15) is 4.57 Å². The highest BCUT2D eigenvalue weighted by molar-refractivity contribution is 5.68. The van der Waals surface area contributed by atoms with Crippen molar-refractivity contribution in [2.75, 3.05) is 0 Å². The second kappa shape index (κ2) is 7.49. The first-order chi connectivity index (χ1) is 14.3. The summed E-state index contributed by atoms with van der Waals surface area (Å²) in [6, 6.07) is 18.6. The second-order valence-corrected chi connectivity index (χ2v) is 8.37. The number of aromatic nitrogens is 2. The van der Waals surface area contributed by atoms with Gasteiger partial charge in [0.05, 0.1) is 0 Å². The summed E-state index contributed by atoms with van der Waals surface area (Å²) in [6.45, 7) is 12.6. The molecule has 0 atom stereocenters. The van der Waals surface area contributed by atoms with Crippen molar-refractivity contribution in [1.29, 1.82) is 0 Å². The Kier molecular flexibility index (Phi) is 4.98. The van der Waals surface area contributed by atoms with Crippen molar-refractivity contribution < 1.29 is 9.67 Å². The van der Waals surface area contributed by atoms with E-state index in [1.54, 1.807) is 0 Å². The molecule has 0 aliphatic carbocycles. The highest BCUT2D eigenvalue weighted by Gasteiger charge is 2.25. The van der Waals surface area contributed by atoms with Crippen LogP contribution >= 0.6 is 0 Å². The molecule has 0 saturated heterocycles. The van der Waals surface area contributed by atoms with E-state index in [0.717, 1.165) is 39.2 Å². The van der Waals surface area contributed by atoms with Gasteiger partial charge in [-0.3, -0.25) is 0 Å². The molecule has 0 saturated carbocycles. The summed E-state index contributed by atoms with van der Waals surface area (Å²) >= 11 is 0. The third-order valence-corrected chi connectivity index (χ3v) is 5.69. The van der Waals surface area contributed by atoms with Crippen LogP contribution in [0.5, 0.6) is 5.88 Å². The standard InChI is InChI=1S/C27H28N2O/c1-17-12-19(3)24(20(4)13-17)28-16-29(25-21(5)14-18(2)15-22(25)6)27(30)26(28)23-10-8-7-9-11-23/h7-16H,1-6H3. The average Bonchev–Trinajstić information content (AvgIpc) is 2.97. The zero-order valence-corrected chi connectivity index (χ0v) is 18.6. The topological polar surface area (TPSA) is 31.9 Å². The summed E-state index contributed by atoms with van der Waals surface area (Å²) in [5, 5.41) is 13.8. The summed E-state index contributed by atoms with van der Waals surface area (Å²) in [7, 11) is 0. The summed E-state index contributed by atoms with van der Waals surface area (Å²) in [4.78, 5) is 0. The van der Waals surface area contributed by atoms with E-state index in [0.29, 0.717) is 5.69 Å². The van der Waals surface area contributed by atoms with Crippen molar-refractivity contribution in [3.8, 4) is 28.5 Å². The third-order valence-electron chi connectivity index (χ3n) is 5.69. The van der Waals surface area contributed by atoms with E-state index in [4.69, 9.17) is 0 Å². The molecule has 30 heavy (non-hydrogen) atoms. The van der Waals surface area contributed by atoms with Gasteiger partial charge in [-0.15, -0.1) is 0 Å². The van der Waals surface area contributed by atoms with Gasteiger partial charge in [0.15, 0.2) is 5.69 Å². The summed E-state index contributed by atoms with van der Waals surface area (Å²) in [5.41, 5.74) is 10.6. The van der Waals surface area contributed by atoms with Gasteiger partial charge in [0, 0.05) is 5.56 Å². The molecule has 0 unspecified atom stereocenters. The molecular weight excluding hydrogens is 368 g/mol. The molecular formula is C27H28N2O. The molecule has 152 valence electrons. The van der Waals surface area contributed by atoms with Gasteiger partial charge in [0.2, 0.25) is 0 Å². The Morgan fingerprint density at radius 3 is 1.73 bits per heavy atom. The van der Waals surface area contributed by atoms with E-state index in [1.807, 2.05) is 41.2 Å². The zero-order valence-electron chi connectivity index (χ0n) is 18.6. The maximum atomic E-state index is 13.8. The van der Waals surface area contributed by atoms with Gasteiger partial charge in [0.1, 0.15) is 17.3 Å². The lowest BCUT2D eigenvalue weighted by atomic mass is 10.0. The van der Waals surface area contributed by atoms with Gasteiger partial charge in [0.25, 0.3) is 6.33 Å². The van der Waals surface area contributed by atoms with E-state index < -0.39 is 0 Å². The van der Waals surface area contributed by atoms with Crippen molar-refractivity contribution >= 4 is 0 Å². The molecule has 0 aliphatic rings. The van der Waals surface area contributed by atoms with Crippen LogP contribution in [-0.2, 0) is 0 Å². The van der Waals surface area contributed by atoms with Crippen LogP contribution in [0.2, 0.25) is 0 Å². The van der Waals surface area contributed by atoms with Gasteiger partial charge < -0.3 is 5.11 Å². The number of hydrogen-bond acceptors (Lipinski definition) is 1. The van der Waals surface area contributed by atoms with E-state index in [9.17, 15) is 5.11 Å². The lowest BCUT2D eigenvalue weighted by Gasteiger charge is -2.12. The Hall–Kier alpha value is -3.33. The smallest absolute Gasteiger partial charge is 0.254 e. The SMILES string of the molecule is Cc1cc(C)c(-n2c[n+](-c3c(C)cc(C)cc3C)c([O-])c2-c2ccccc2)c(C)c1. The number of hydrogen-bond donors (Lipinski definition) is 0. The second-order valence-electron chi connectivity index (χ2n) is 8.37. The lowest BCUT2D eigenvalue weighted by Crippen LogP contribution is -2.34. The first kappa shape index (κ1) is 20.0. The lowest BCUT2D eigenvalue weighted by molar-refractivity contribution is -0.649. The van der Waals surface area contributed by atoms with Crippen LogP contribution in [-0.4, -0.2) is 4.57 Å². The van der Waals surface area contributed by atoms with E-state index >= 15 is 0 Å². The summed E-state index contributed by atoms with van der Waals surface area (Å²) in [6.07, 6.45) is 1.96. The fraction of sp³-hybridized carbons (Fsp3) is 0.222. The van der Waals surface area contributed by atoms with Gasteiger partial charge in [-0.1, -0.05) is 65.7 Å². The Labute approximate surface area is 178 Å². The maximum Gasteiger partial charge on any atom is 0.254 e. The van der Waals surface area contributed by atoms with Crippen LogP contribution in [0.3, 0.4) is 0 Å². The molecule has 3 heteroatoms. The Morgan fingerprint density at radius 1 is 0.700 bits per heavy atom. The van der Waals surface area contributed by atoms with Crippen LogP contribution < -0.4 is 9.67 Å². The predicted molar refractivity (Wildman–Crippen MR) is 121 cm³/mol. The van der Waals surface area contributed by atoms with Gasteiger partial charge >= 0.3 is 0 Å². The van der Waals surface area contributed by atoms with Crippen LogP contribution in [0, 0.1) is 41.5 Å². The predicted octanol–water partition coefficient (Wildman–Crippen LogP) is 5.35. The van der Waals surface area contributed by atoms with Crippen LogP contribution in [0.25, 0.3) is 22.6 Å². The van der Waals surface area contributed by atoms with Crippen molar-refractivity contribution in [3.05, 3.63) is 94.3 Å². The average molecular weight is 397 g/mol. The number of nitrogens with zero attached hydrogens (tertiary/aromatic N) is 2. The fourth-order valence-corrected chi connectivity index (χ4v) is 4.73. The molecule has 0 N–H and O–H groups in total. The number of imidazole rings is 1. The highest BCUT2D eigenvalue weighted by Crippen LogP contribution is 2.33. The number of aryl methyl sites for hydroxylation is 6. The minimum atomic E-state index is -0.00405. The minimum Gasteiger partial charge on any atom is -0.839 e. The van der Waals surface area contributed by atoms with Crippen LogP contribution in [0.1, 0.15) is 33.4 Å². The van der Waals surface area contributed by atoms with Crippen molar-refractivity contribution in [2.24, 2.45) is 0 Å². The van der Waals surface area contributed by atoms with E-state index in [1.165, 1.54) is 11.1 Å². The highest BCUT2D eigenvalue weighted by atomic mass is 16.3. The number of benzene rings is 3. The molecule has 3 aromatic carbocycles. The van der Waals surface area contributed by atoms with Crippen LogP contribution in [0.4, 0.5) is 0 Å². The van der Waals surface area contributed by atoms with Crippen LogP contribution in [0.15, 0.2) is 60.9 Å². The normalized spacial score (nSPS) is 11.1. The van der Waals surface area contributed by atoms with E-state index in [-0.39, 0.29) is 5.88 Å². The molecule has 4 aromatic rings. The maximum absolute atomic E-state index is 13.8. The molecule has 0 amide bonds. The van der Waals surface area contributed by atoms with Crippen molar-refractivity contribution in [3.63, 3.8) is 0 Å². The zero-order chi connectivity index (χ0) is 21.6. The van der Waals surface area contributed by atoms with Gasteiger partial charge in [-0.25, -0.2) is 4.57 Å².